The van der Waals surface area contributed by atoms with Crippen LogP contribution in [0.4, 0.5) is 13.2 Å². The highest BCUT2D eigenvalue weighted by molar-refractivity contribution is 7.89. The molecule has 1 heterocycles. The van der Waals surface area contributed by atoms with E-state index in [-0.39, 0.29) is 10.7 Å². The molecule has 0 fully saturated rings. The zero-order valence-corrected chi connectivity index (χ0v) is 17.6. The zero-order valence-electron chi connectivity index (χ0n) is 16.8. The zero-order chi connectivity index (χ0) is 23.7. The van der Waals surface area contributed by atoms with Gasteiger partial charge in [-0.3, -0.25) is 4.79 Å². The molecule has 3 aromatic rings. The molecule has 0 spiro atoms. The number of carboxylic acids is 1. The smallest absolute Gasteiger partial charge is 0.416 e. The molecule has 2 aromatic carbocycles. The summed E-state index contributed by atoms with van der Waals surface area (Å²) in [5.74, 6) is -1.68. The molecule has 0 saturated carbocycles. The normalized spacial score (nSPS) is 13.3. The topological polar surface area (TPSA) is 127 Å². The van der Waals surface area contributed by atoms with Gasteiger partial charge in [0.15, 0.2) is 0 Å². The highest BCUT2D eigenvalue weighted by Gasteiger charge is 2.30. The van der Waals surface area contributed by atoms with Gasteiger partial charge in [0.25, 0.3) is 0 Å². The number of hydrogen-bond acceptors (Lipinski definition) is 6. The van der Waals surface area contributed by atoms with Crippen LogP contribution in [0.2, 0.25) is 0 Å². The second-order valence-electron chi connectivity index (χ2n) is 7.15. The van der Waals surface area contributed by atoms with E-state index in [1.54, 1.807) is 13.8 Å². The van der Waals surface area contributed by atoms with Gasteiger partial charge in [-0.1, -0.05) is 26.0 Å². The lowest BCUT2D eigenvalue weighted by Gasteiger charge is -2.18. The molecule has 0 bridgehead atoms. The van der Waals surface area contributed by atoms with Crippen LogP contribution in [0.5, 0.6) is 0 Å². The van der Waals surface area contributed by atoms with Crippen LogP contribution in [0.25, 0.3) is 17.1 Å². The maximum atomic E-state index is 12.7. The maximum absolute atomic E-state index is 12.7. The number of halogens is 3. The summed E-state index contributed by atoms with van der Waals surface area (Å²) in [6.45, 7) is 3.16. The summed E-state index contributed by atoms with van der Waals surface area (Å²) in [6, 6.07) is 8.24. The number of nitrogens with one attached hydrogen (secondary N) is 1. The van der Waals surface area contributed by atoms with Gasteiger partial charge in [0.05, 0.1) is 16.1 Å². The van der Waals surface area contributed by atoms with Crippen molar-refractivity contribution in [3.8, 4) is 17.1 Å². The van der Waals surface area contributed by atoms with Crippen LogP contribution in [0.3, 0.4) is 0 Å². The lowest BCUT2D eigenvalue weighted by atomic mass is 10.1. The van der Waals surface area contributed by atoms with Gasteiger partial charge in [-0.25, -0.2) is 8.42 Å². The number of tetrazole rings is 1. The molecule has 3 rings (SSSR count). The first kappa shape index (κ1) is 23.3. The first-order chi connectivity index (χ1) is 14.9. The lowest BCUT2D eigenvalue weighted by Crippen LogP contribution is -2.44. The summed E-state index contributed by atoms with van der Waals surface area (Å²) in [4.78, 5) is 12.2. The minimum atomic E-state index is -4.46. The number of carbonyl (C=O) groups is 1. The first-order valence-corrected chi connectivity index (χ1v) is 10.7. The molecule has 9 nitrogen and oxygen atoms in total. The Hall–Kier alpha value is -3.32. The van der Waals surface area contributed by atoms with Crippen LogP contribution in [0, 0.1) is 5.92 Å². The number of rotatable bonds is 7. The van der Waals surface area contributed by atoms with Crippen molar-refractivity contribution >= 4 is 16.0 Å². The van der Waals surface area contributed by atoms with E-state index in [9.17, 15) is 31.5 Å². The predicted molar refractivity (Wildman–Crippen MR) is 106 cm³/mol. The molecule has 1 aromatic heterocycles. The highest BCUT2D eigenvalue weighted by Crippen LogP contribution is 2.30. The Labute approximate surface area is 180 Å². The number of benzene rings is 2. The van der Waals surface area contributed by atoms with Crippen molar-refractivity contribution in [1.82, 2.24) is 24.9 Å². The van der Waals surface area contributed by atoms with E-state index < -0.39 is 39.7 Å². The molecule has 2 N–H and O–H groups in total. The average molecular weight is 469 g/mol. The molecule has 13 heteroatoms. The Bertz CT molecular complexity index is 1210. The molecule has 170 valence electrons. The largest absolute Gasteiger partial charge is 0.480 e. The van der Waals surface area contributed by atoms with Gasteiger partial charge < -0.3 is 5.11 Å². The average Bonchev–Trinajstić information content (AvgIpc) is 3.21. The summed E-state index contributed by atoms with van der Waals surface area (Å²) >= 11 is 0. The van der Waals surface area contributed by atoms with E-state index in [1.165, 1.54) is 36.4 Å². The van der Waals surface area contributed by atoms with Gasteiger partial charge in [0.1, 0.15) is 6.04 Å². The molecular weight excluding hydrogens is 451 g/mol. The van der Waals surface area contributed by atoms with Crippen molar-refractivity contribution < 1.29 is 31.5 Å². The van der Waals surface area contributed by atoms with Gasteiger partial charge in [0.2, 0.25) is 15.8 Å². The van der Waals surface area contributed by atoms with Gasteiger partial charge in [0, 0.05) is 5.56 Å². The van der Waals surface area contributed by atoms with E-state index in [0.29, 0.717) is 11.3 Å². The molecule has 1 atom stereocenters. The Morgan fingerprint density at radius 3 is 2.16 bits per heavy atom. The van der Waals surface area contributed by atoms with Gasteiger partial charge in [-0.15, -0.1) is 15.0 Å². The molecule has 0 saturated heterocycles. The molecular formula is C19H18F3N5O4S. The summed E-state index contributed by atoms with van der Waals surface area (Å²) in [6.07, 6.45) is -4.46. The fourth-order valence-corrected chi connectivity index (χ4v) is 4.05. The van der Waals surface area contributed by atoms with E-state index in [1.807, 2.05) is 0 Å². The van der Waals surface area contributed by atoms with Crippen LogP contribution >= 0.6 is 0 Å². The minimum absolute atomic E-state index is 0.0818. The van der Waals surface area contributed by atoms with Crippen LogP contribution in [-0.4, -0.2) is 45.7 Å². The highest BCUT2D eigenvalue weighted by atomic mass is 32.2. The SMILES string of the molecule is CC(C)C(NS(=O)(=O)c1ccc(-n2nnc(-c3ccc(C(F)(F)F)cc3)n2)cc1)C(=O)O. The Morgan fingerprint density at radius 2 is 1.66 bits per heavy atom. The number of sulfonamides is 1. The number of nitrogens with zero attached hydrogens (tertiary/aromatic N) is 4. The Morgan fingerprint density at radius 1 is 1.06 bits per heavy atom. The van der Waals surface area contributed by atoms with Crippen molar-refractivity contribution in [2.75, 3.05) is 0 Å². The van der Waals surface area contributed by atoms with Crippen LogP contribution in [-0.2, 0) is 21.0 Å². The first-order valence-electron chi connectivity index (χ1n) is 9.22. The fraction of sp³-hybridized carbons (Fsp3) is 0.263. The van der Waals surface area contributed by atoms with Crippen LogP contribution < -0.4 is 4.72 Å². The Kier molecular flexibility index (Phi) is 6.32. The third-order valence-corrected chi connectivity index (χ3v) is 5.93. The molecule has 0 aliphatic rings. The second kappa shape index (κ2) is 8.67. The standard InChI is InChI=1S/C19H18F3N5O4S/c1-11(2)16(18(28)29)25-32(30,31)15-9-7-14(8-10-15)27-24-17(23-26-27)12-3-5-13(6-4-12)19(20,21)22/h3-11,16,25H,1-2H3,(H,28,29). The number of alkyl halides is 3. The third-order valence-electron chi connectivity index (χ3n) is 4.48. The fourth-order valence-electron chi connectivity index (χ4n) is 2.71. The minimum Gasteiger partial charge on any atom is -0.480 e. The van der Waals surface area contributed by atoms with Crippen LogP contribution in [0.15, 0.2) is 53.4 Å². The molecule has 1 unspecified atom stereocenters. The Balaban J connectivity index is 1.80. The number of aliphatic carboxylic acids is 1. The molecule has 32 heavy (non-hydrogen) atoms. The number of carboxylic acid groups (broad SMARTS) is 1. The maximum Gasteiger partial charge on any atom is 0.416 e. The van der Waals surface area contributed by atoms with Crippen molar-refractivity contribution in [2.45, 2.75) is 31.0 Å². The van der Waals surface area contributed by atoms with E-state index >= 15 is 0 Å². The quantitative estimate of drug-likeness (QED) is 0.545. The summed E-state index contributed by atoms with van der Waals surface area (Å²) in [5.41, 5.74) is -0.143. The third kappa shape index (κ3) is 5.11. The molecule has 0 aliphatic carbocycles. The number of hydrogen-bond donors (Lipinski definition) is 2. The summed E-state index contributed by atoms with van der Waals surface area (Å²) in [7, 11) is -4.09. The summed E-state index contributed by atoms with van der Waals surface area (Å²) < 4.78 is 65.2. The van der Waals surface area contributed by atoms with E-state index in [0.717, 1.165) is 16.9 Å². The van der Waals surface area contributed by atoms with E-state index in [2.05, 4.69) is 20.1 Å². The van der Waals surface area contributed by atoms with E-state index in [4.69, 9.17) is 0 Å². The van der Waals surface area contributed by atoms with Crippen LogP contribution in [0.1, 0.15) is 19.4 Å². The van der Waals surface area contributed by atoms with Crippen molar-refractivity contribution in [1.29, 1.82) is 0 Å². The predicted octanol–water partition coefficient (Wildman–Crippen LogP) is 2.74. The summed E-state index contributed by atoms with van der Waals surface area (Å²) in [5, 5.41) is 20.9. The van der Waals surface area contributed by atoms with Gasteiger partial charge in [-0.05, 0) is 47.5 Å². The van der Waals surface area contributed by atoms with Gasteiger partial charge in [-0.2, -0.15) is 17.9 Å². The van der Waals surface area contributed by atoms with Gasteiger partial charge >= 0.3 is 12.1 Å². The second-order valence-corrected chi connectivity index (χ2v) is 8.87. The monoisotopic (exact) mass is 469 g/mol. The molecule has 0 aliphatic heterocycles. The van der Waals surface area contributed by atoms with Crippen molar-refractivity contribution in [2.24, 2.45) is 5.92 Å². The number of aromatic nitrogens is 4. The lowest BCUT2D eigenvalue weighted by molar-refractivity contribution is -0.140. The molecule has 0 amide bonds. The van der Waals surface area contributed by atoms with Crippen molar-refractivity contribution in [3.63, 3.8) is 0 Å². The van der Waals surface area contributed by atoms with Crippen molar-refractivity contribution in [3.05, 3.63) is 54.1 Å². The molecule has 0 radical (unpaired) electrons.